The Kier molecular flexibility index (Phi) is 4.33. The van der Waals surface area contributed by atoms with Crippen molar-refractivity contribution in [1.29, 1.82) is 0 Å². The van der Waals surface area contributed by atoms with E-state index in [1.807, 2.05) is 6.08 Å². The second-order valence-electron chi connectivity index (χ2n) is 1.94. The Bertz CT molecular complexity index is 88.2. The van der Waals surface area contributed by atoms with Crippen molar-refractivity contribution in [1.82, 2.24) is 0 Å². The molecule has 0 aliphatic rings. The molecule has 0 rings (SSSR count). The van der Waals surface area contributed by atoms with Crippen molar-refractivity contribution in [2.45, 2.75) is 26.7 Å². The molecule has 0 aromatic rings. The van der Waals surface area contributed by atoms with Crippen LogP contribution in [0.2, 0.25) is 0 Å². The van der Waals surface area contributed by atoms with Crippen molar-refractivity contribution in [3.63, 3.8) is 0 Å². The number of hydrogen-bond acceptors (Lipinski definition) is 0. The molecule has 0 aliphatic heterocycles. The van der Waals surface area contributed by atoms with Crippen LogP contribution in [0.3, 0.4) is 0 Å². The summed E-state index contributed by atoms with van der Waals surface area (Å²) in [5.41, 5.74) is 1.28. The van der Waals surface area contributed by atoms with Gasteiger partial charge in [0.2, 0.25) is 0 Å². The van der Waals surface area contributed by atoms with Gasteiger partial charge in [-0.25, -0.2) is 0 Å². The predicted molar refractivity (Wildman–Crippen MR) is 38.9 cm³/mol. The van der Waals surface area contributed by atoms with E-state index in [1.165, 1.54) is 18.4 Å². The van der Waals surface area contributed by atoms with Crippen LogP contribution in [-0.4, -0.2) is 0 Å². The van der Waals surface area contributed by atoms with Crippen LogP contribution in [0.25, 0.3) is 0 Å². The first-order chi connectivity index (χ1) is 3.81. The van der Waals surface area contributed by atoms with Crippen LogP contribution < -0.4 is 0 Å². The lowest BCUT2D eigenvalue weighted by Gasteiger charge is -1.87. The molecule has 0 N–H and O–H groups in total. The molecule has 8 heavy (non-hydrogen) atoms. The molecule has 0 aromatic carbocycles. The predicted octanol–water partition coefficient (Wildman–Crippen LogP) is 2.92. The van der Waals surface area contributed by atoms with Crippen LogP contribution in [0.15, 0.2) is 24.3 Å². The van der Waals surface area contributed by atoms with Crippen molar-refractivity contribution in [3.8, 4) is 0 Å². The maximum absolute atomic E-state index is 3.65. The van der Waals surface area contributed by atoms with Crippen molar-refractivity contribution in [2.75, 3.05) is 0 Å². The van der Waals surface area contributed by atoms with E-state index in [0.29, 0.717) is 0 Å². The molecular weight excluding hydrogens is 96.1 g/mol. The van der Waals surface area contributed by atoms with Gasteiger partial charge >= 0.3 is 0 Å². The molecule has 0 radical (unpaired) electrons. The standard InChI is InChI=1S/C8H14/c1-4-6-7-8(3)5-2/h5,7H,2,4,6H2,1,3H3. The molecule has 0 aliphatic carbocycles. The summed E-state index contributed by atoms with van der Waals surface area (Å²) in [6.07, 6.45) is 6.49. The summed E-state index contributed by atoms with van der Waals surface area (Å²) in [5, 5.41) is 0. The average Bonchev–Trinajstić information content (AvgIpc) is 1.83. The molecule has 0 spiro atoms. The van der Waals surface area contributed by atoms with Gasteiger partial charge in [-0.05, 0) is 13.3 Å². The summed E-state index contributed by atoms with van der Waals surface area (Å²) < 4.78 is 0. The van der Waals surface area contributed by atoms with E-state index in [1.54, 1.807) is 0 Å². The Morgan fingerprint density at radius 3 is 2.62 bits per heavy atom. The molecular formula is C8H14. The minimum atomic E-state index is 1.18. The van der Waals surface area contributed by atoms with Crippen LogP contribution in [0.1, 0.15) is 26.7 Å². The fourth-order valence-electron chi connectivity index (χ4n) is 0.455. The summed E-state index contributed by atoms with van der Waals surface area (Å²) in [5.74, 6) is 0. The van der Waals surface area contributed by atoms with Gasteiger partial charge in [0.15, 0.2) is 0 Å². The Hall–Kier alpha value is -0.520. The highest BCUT2D eigenvalue weighted by molar-refractivity contribution is 5.12. The fourth-order valence-corrected chi connectivity index (χ4v) is 0.455. The number of hydrogen-bond donors (Lipinski definition) is 0. The summed E-state index contributed by atoms with van der Waals surface area (Å²) >= 11 is 0. The summed E-state index contributed by atoms with van der Waals surface area (Å²) in [7, 11) is 0. The van der Waals surface area contributed by atoms with Crippen LogP contribution in [0.5, 0.6) is 0 Å². The van der Waals surface area contributed by atoms with Gasteiger partial charge < -0.3 is 0 Å². The van der Waals surface area contributed by atoms with E-state index in [-0.39, 0.29) is 0 Å². The quantitative estimate of drug-likeness (QED) is 0.490. The van der Waals surface area contributed by atoms with Gasteiger partial charge in [-0.15, -0.1) is 0 Å². The van der Waals surface area contributed by atoms with E-state index in [9.17, 15) is 0 Å². The highest BCUT2D eigenvalue weighted by atomic mass is 13.8. The van der Waals surface area contributed by atoms with Crippen molar-refractivity contribution >= 4 is 0 Å². The van der Waals surface area contributed by atoms with Gasteiger partial charge in [-0.2, -0.15) is 0 Å². The molecule has 0 aromatic heterocycles. The second kappa shape index (κ2) is 4.63. The highest BCUT2D eigenvalue weighted by Crippen LogP contribution is 1.96. The fraction of sp³-hybridized carbons (Fsp3) is 0.500. The number of rotatable bonds is 3. The van der Waals surface area contributed by atoms with Crippen LogP contribution in [-0.2, 0) is 0 Å². The third-order valence-corrected chi connectivity index (χ3v) is 1.08. The average molecular weight is 110 g/mol. The van der Waals surface area contributed by atoms with E-state index in [4.69, 9.17) is 0 Å². The normalized spacial score (nSPS) is 11.5. The smallest absolute Gasteiger partial charge is 0.0348 e. The molecule has 0 amide bonds. The molecule has 0 heterocycles. The number of allylic oxidation sites excluding steroid dienone is 3. The molecule has 46 valence electrons. The largest absolute Gasteiger partial charge is 0.0988 e. The number of unbranched alkanes of at least 4 members (excludes halogenated alkanes) is 1. The minimum absolute atomic E-state index is 1.18. The molecule has 0 saturated heterocycles. The molecule has 0 nitrogen and oxygen atoms in total. The Balaban J connectivity index is 3.40. The maximum atomic E-state index is 3.65. The van der Waals surface area contributed by atoms with Gasteiger partial charge in [0.25, 0.3) is 0 Å². The van der Waals surface area contributed by atoms with Gasteiger partial charge in [-0.3, -0.25) is 0 Å². The first kappa shape index (κ1) is 7.48. The molecule has 0 saturated carbocycles. The van der Waals surface area contributed by atoms with Crippen LogP contribution in [0, 0.1) is 0 Å². The third-order valence-electron chi connectivity index (χ3n) is 1.08. The van der Waals surface area contributed by atoms with Crippen molar-refractivity contribution in [3.05, 3.63) is 24.3 Å². The van der Waals surface area contributed by atoms with E-state index in [2.05, 4.69) is 26.5 Å². The lowest BCUT2D eigenvalue weighted by molar-refractivity contribution is 0.952. The highest BCUT2D eigenvalue weighted by Gasteiger charge is 1.76. The first-order valence-corrected chi connectivity index (χ1v) is 3.10. The topological polar surface area (TPSA) is 0 Å². The molecule has 0 heteroatoms. The zero-order chi connectivity index (χ0) is 6.41. The van der Waals surface area contributed by atoms with Crippen molar-refractivity contribution < 1.29 is 0 Å². The van der Waals surface area contributed by atoms with E-state index < -0.39 is 0 Å². The van der Waals surface area contributed by atoms with Gasteiger partial charge in [-0.1, -0.05) is 37.6 Å². The lowest BCUT2D eigenvalue weighted by Crippen LogP contribution is -1.66. The zero-order valence-corrected chi connectivity index (χ0v) is 5.78. The van der Waals surface area contributed by atoms with Crippen molar-refractivity contribution in [2.24, 2.45) is 0 Å². The van der Waals surface area contributed by atoms with Gasteiger partial charge in [0.1, 0.15) is 0 Å². The molecule has 0 atom stereocenters. The Morgan fingerprint density at radius 1 is 1.62 bits per heavy atom. The minimum Gasteiger partial charge on any atom is -0.0988 e. The Morgan fingerprint density at radius 2 is 2.25 bits per heavy atom. The maximum Gasteiger partial charge on any atom is -0.0348 e. The summed E-state index contributed by atoms with van der Waals surface area (Å²) in [6.45, 7) is 7.89. The van der Waals surface area contributed by atoms with E-state index in [0.717, 1.165) is 0 Å². The van der Waals surface area contributed by atoms with Gasteiger partial charge in [0, 0.05) is 0 Å². The van der Waals surface area contributed by atoms with Gasteiger partial charge in [0.05, 0.1) is 0 Å². The molecule has 0 fully saturated rings. The molecule has 0 unspecified atom stereocenters. The SMILES string of the molecule is C=CC(C)=CCCC. The summed E-state index contributed by atoms with van der Waals surface area (Å²) in [6, 6.07) is 0. The van der Waals surface area contributed by atoms with Crippen LogP contribution >= 0.6 is 0 Å². The molecule has 0 bridgehead atoms. The van der Waals surface area contributed by atoms with Crippen LogP contribution in [0.4, 0.5) is 0 Å². The van der Waals surface area contributed by atoms with E-state index >= 15 is 0 Å². The first-order valence-electron chi connectivity index (χ1n) is 3.10. The monoisotopic (exact) mass is 110 g/mol. The summed E-state index contributed by atoms with van der Waals surface area (Å²) in [4.78, 5) is 0. The zero-order valence-electron chi connectivity index (χ0n) is 5.78. The third kappa shape index (κ3) is 3.66. The lowest BCUT2D eigenvalue weighted by atomic mass is 10.2. The second-order valence-corrected chi connectivity index (χ2v) is 1.94. The Labute approximate surface area is 51.9 Å².